The Morgan fingerprint density at radius 1 is 1.36 bits per heavy atom. The summed E-state index contributed by atoms with van der Waals surface area (Å²) in [4.78, 5) is 0. The van der Waals surface area contributed by atoms with Gasteiger partial charge in [-0.1, -0.05) is 0 Å². The lowest BCUT2D eigenvalue weighted by Gasteiger charge is -2.15. The van der Waals surface area contributed by atoms with Gasteiger partial charge in [-0.3, -0.25) is 0 Å². The van der Waals surface area contributed by atoms with Crippen LogP contribution in [0.2, 0.25) is 19.1 Å². The molecule has 0 unspecified atom stereocenters. The number of nitrogens with one attached hydrogen (secondary N) is 1. The Hall–Kier alpha value is 0.257. The van der Waals surface area contributed by atoms with Crippen LogP contribution in [-0.4, -0.2) is 29.2 Å². The summed E-state index contributed by atoms with van der Waals surface area (Å²) in [6.07, 6.45) is 0.645. The first-order valence-corrected chi connectivity index (χ1v) is 9.11. The molecule has 0 atom stereocenters. The summed E-state index contributed by atoms with van der Waals surface area (Å²) >= 11 is 0. The quantitative estimate of drug-likeness (QED) is 0.323. The van der Waals surface area contributed by atoms with E-state index in [0.717, 1.165) is 0 Å². The van der Waals surface area contributed by atoms with Crippen molar-refractivity contribution in [2.24, 2.45) is 0 Å². The van der Waals surface area contributed by atoms with Gasteiger partial charge in [-0.15, -0.1) is 0 Å². The zero-order chi connectivity index (χ0) is 11.2. The van der Waals surface area contributed by atoms with Crippen LogP contribution in [0.5, 0.6) is 0 Å². The SMILES string of the molecule is COP(=O)(NCCC[Si](C)(C)F)OC. The van der Waals surface area contributed by atoms with E-state index in [1.807, 2.05) is 0 Å². The van der Waals surface area contributed by atoms with Crippen molar-refractivity contribution in [2.45, 2.75) is 25.6 Å². The average Bonchev–Trinajstić information content (AvgIpc) is 2.11. The second-order valence-corrected chi connectivity index (χ2v) is 9.57. The third-order valence-electron chi connectivity index (χ3n) is 1.73. The fourth-order valence-electron chi connectivity index (χ4n) is 0.928. The summed E-state index contributed by atoms with van der Waals surface area (Å²) in [7, 11) is -2.98. The Bertz CT molecular complexity index is 202. The van der Waals surface area contributed by atoms with Crippen LogP contribution >= 0.6 is 7.75 Å². The average molecular weight is 243 g/mol. The van der Waals surface area contributed by atoms with Crippen LogP contribution in [0.1, 0.15) is 6.42 Å². The molecule has 0 saturated carbocycles. The van der Waals surface area contributed by atoms with Crippen LogP contribution < -0.4 is 5.09 Å². The molecule has 0 spiro atoms. The number of rotatable bonds is 7. The van der Waals surface area contributed by atoms with Crippen molar-refractivity contribution in [3.8, 4) is 0 Å². The van der Waals surface area contributed by atoms with Crippen LogP contribution in [0, 0.1) is 0 Å². The van der Waals surface area contributed by atoms with Gasteiger partial charge in [0.2, 0.25) is 8.41 Å². The summed E-state index contributed by atoms with van der Waals surface area (Å²) in [5.41, 5.74) is 0. The second-order valence-electron chi connectivity index (χ2n) is 3.59. The standard InChI is InChI=1S/C7H19FNO3PSi/c1-11-13(10,12-2)9-6-5-7-14(3,4)8/h5-7H2,1-4H3,(H,9,10). The highest BCUT2D eigenvalue weighted by molar-refractivity contribution is 7.51. The largest absolute Gasteiger partial charge is 0.404 e. The monoisotopic (exact) mass is 243 g/mol. The summed E-state index contributed by atoms with van der Waals surface area (Å²) in [5.74, 6) is 0. The van der Waals surface area contributed by atoms with E-state index < -0.39 is 16.2 Å². The van der Waals surface area contributed by atoms with Gasteiger partial charge in [-0.2, -0.15) is 0 Å². The van der Waals surface area contributed by atoms with E-state index in [4.69, 9.17) is 0 Å². The predicted octanol–water partition coefficient (Wildman–Crippen LogP) is 2.54. The first kappa shape index (κ1) is 14.3. The van der Waals surface area contributed by atoms with E-state index in [-0.39, 0.29) is 0 Å². The van der Waals surface area contributed by atoms with E-state index in [0.29, 0.717) is 19.0 Å². The van der Waals surface area contributed by atoms with Crippen molar-refractivity contribution in [3.05, 3.63) is 0 Å². The third kappa shape index (κ3) is 6.67. The minimum Gasteiger partial charge on any atom is -0.314 e. The topological polar surface area (TPSA) is 47.6 Å². The van der Waals surface area contributed by atoms with Crippen molar-refractivity contribution in [3.63, 3.8) is 0 Å². The van der Waals surface area contributed by atoms with Gasteiger partial charge in [-0.05, 0) is 25.6 Å². The maximum atomic E-state index is 13.2. The normalized spacial score (nSPS) is 13.2. The summed E-state index contributed by atoms with van der Waals surface area (Å²) in [5, 5.41) is 2.63. The summed E-state index contributed by atoms with van der Waals surface area (Å²) in [6, 6.07) is 0.549. The van der Waals surface area contributed by atoms with Gasteiger partial charge >= 0.3 is 7.75 Å². The molecule has 0 bridgehead atoms. The molecule has 0 aliphatic rings. The van der Waals surface area contributed by atoms with E-state index in [2.05, 4.69) is 14.1 Å². The van der Waals surface area contributed by atoms with E-state index in [1.54, 1.807) is 13.1 Å². The van der Waals surface area contributed by atoms with E-state index in [1.165, 1.54) is 14.2 Å². The maximum absolute atomic E-state index is 13.2. The maximum Gasteiger partial charge on any atom is 0.404 e. The number of hydrogen-bond donors (Lipinski definition) is 1. The van der Waals surface area contributed by atoms with Crippen molar-refractivity contribution in [1.29, 1.82) is 0 Å². The molecule has 0 aromatic heterocycles. The summed E-state index contributed by atoms with van der Waals surface area (Å²) < 4.78 is 33.9. The molecule has 0 aliphatic carbocycles. The second kappa shape index (κ2) is 5.98. The zero-order valence-electron chi connectivity index (χ0n) is 9.17. The van der Waals surface area contributed by atoms with Gasteiger partial charge in [0.15, 0.2) is 0 Å². The fourth-order valence-corrected chi connectivity index (χ4v) is 2.79. The van der Waals surface area contributed by atoms with Gasteiger partial charge in [0, 0.05) is 20.8 Å². The van der Waals surface area contributed by atoms with Crippen LogP contribution in [0.15, 0.2) is 0 Å². The van der Waals surface area contributed by atoms with Gasteiger partial charge in [0.1, 0.15) is 0 Å². The van der Waals surface area contributed by atoms with Crippen LogP contribution in [0.25, 0.3) is 0 Å². The van der Waals surface area contributed by atoms with E-state index >= 15 is 0 Å². The molecule has 7 heteroatoms. The minimum absolute atomic E-state index is 0.444. The highest BCUT2D eigenvalue weighted by Crippen LogP contribution is 2.41. The van der Waals surface area contributed by atoms with Crippen LogP contribution in [0.3, 0.4) is 0 Å². The van der Waals surface area contributed by atoms with Crippen molar-refractivity contribution in [1.82, 2.24) is 5.09 Å². The molecule has 14 heavy (non-hydrogen) atoms. The van der Waals surface area contributed by atoms with Crippen LogP contribution in [0.4, 0.5) is 4.11 Å². The van der Waals surface area contributed by atoms with Crippen molar-refractivity contribution < 1.29 is 17.7 Å². The Balaban J connectivity index is 3.69. The van der Waals surface area contributed by atoms with E-state index in [9.17, 15) is 8.67 Å². The Morgan fingerprint density at radius 2 is 1.86 bits per heavy atom. The van der Waals surface area contributed by atoms with Crippen molar-refractivity contribution >= 4 is 16.2 Å². The molecule has 0 rings (SSSR count). The molecule has 0 fully saturated rings. The fraction of sp³-hybridized carbons (Fsp3) is 1.00. The molecule has 86 valence electrons. The molecular weight excluding hydrogens is 224 g/mol. The van der Waals surface area contributed by atoms with Crippen LogP contribution in [-0.2, 0) is 13.6 Å². The zero-order valence-corrected chi connectivity index (χ0v) is 11.1. The molecule has 4 nitrogen and oxygen atoms in total. The van der Waals surface area contributed by atoms with Crippen molar-refractivity contribution in [2.75, 3.05) is 20.8 Å². The highest BCUT2D eigenvalue weighted by atomic mass is 31.2. The number of halogens is 1. The van der Waals surface area contributed by atoms with Gasteiger partial charge in [0.05, 0.1) is 0 Å². The molecule has 0 heterocycles. The molecule has 0 aromatic carbocycles. The lowest BCUT2D eigenvalue weighted by molar-refractivity contribution is 0.264. The first-order valence-electron chi connectivity index (χ1n) is 4.48. The van der Waals surface area contributed by atoms with Gasteiger partial charge in [0.25, 0.3) is 0 Å². The smallest absolute Gasteiger partial charge is 0.314 e. The molecule has 0 aliphatic heterocycles. The third-order valence-corrected chi connectivity index (χ3v) is 4.85. The molecule has 1 N–H and O–H groups in total. The molecule has 0 radical (unpaired) electrons. The van der Waals surface area contributed by atoms with Gasteiger partial charge < -0.3 is 13.2 Å². The lowest BCUT2D eigenvalue weighted by atomic mass is 10.5. The molecule has 0 amide bonds. The Kier molecular flexibility index (Phi) is 6.08. The van der Waals surface area contributed by atoms with Gasteiger partial charge in [-0.25, -0.2) is 9.65 Å². The highest BCUT2D eigenvalue weighted by Gasteiger charge is 2.22. The minimum atomic E-state index is -3.12. The lowest BCUT2D eigenvalue weighted by Crippen LogP contribution is -2.21. The molecule has 0 aromatic rings. The predicted molar refractivity (Wildman–Crippen MR) is 57.6 cm³/mol. The Morgan fingerprint density at radius 3 is 2.21 bits per heavy atom. The number of hydrogen-bond acceptors (Lipinski definition) is 3. The summed E-state index contributed by atoms with van der Waals surface area (Å²) in [6.45, 7) is 3.75. The molecule has 0 saturated heterocycles. The Labute approximate surface area is 85.9 Å². The molecular formula is C7H19FNO3PSi. The first-order chi connectivity index (χ1) is 6.33.